The van der Waals surface area contributed by atoms with E-state index in [1.807, 2.05) is 12.1 Å². The number of pyridine rings is 1. The van der Waals surface area contributed by atoms with Crippen LogP contribution < -0.4 is 15.2 Å². The van der Waals surface area contributed by atoms with Gasteiger partial charge in [-0.15, -0.1) is 11.8 Å². The number of thioether (sulfide) groups is 2. The number of nitrogens with zero attached hydrogens (tertiary/aromatic N) is 3. The summed E-state index contributed by atoms with van der Waals surface area (Å²) < 4.78 is 47.5. The minimum absolute atomic E-state index is 0.0180. The van der Waals surface area contributed by atoms with Crippen LogP contribution in [0.5, 0.6) is 11.5 Å². The van der Waals surface area contributed by atoms with Gasteiger partial charge in [-0.25, -0.2) is 4.98 Å². The van der Waals surface area contributed by atoms with Crippen molar-refractivity contribution in [2.75, 3.05) is 24.0 Å². The van der Waals surface area contributed by atoms with E-state index in [1.54, 1.807) is 18.2 Å². The summed E-state index contributed by atoms with van der Waals surface area (Å²) in [5, 5.41) is 19.3. The van der Waals surface area contributed by atoms with Gasteiger partial charge in [-0.3, -0.25) is 0 Å². The molecule has 3 rings (SSSR count). The number of halogens is 3. The minimum Gasteiger partial charge on any atom is -0.454 e. The summed E-state index contributed by atoms with van der Waals surface area (Å²) in [6.07, 6.45) is 0. The van der Waals surface area contributed by atoms with Gasteiger partial charge in [0, 0.05) is 17.1 Å². The molecule has 0 fully saturated rings. The second kappa shape index (κ2) is 8.09. The van der Waals surface area contributed by atoms with Crippen LogP contribution in [0.15, 0.2) is 23.2 Å². The summed E-state index contributed by atoms with van der Waals surface area (Å²) >= 11 is 0.827. The number of hydrogen-bond acceptors (Lipinski definition) is 8. The smallest absolute Gasteiger partial charge is 0.441 e. The SMILES string of the molecule is N#Cc1c(N)nc(SCCSC(F)(F)F)c(C#N)c1-c1ccc2c(c1)OCO2. The molecule has 0 saturated heterocycles. The number of alkyl halides is 3. The van der Waals surface area contributed by atoms with E-state index in [-0.39, 0.29) is 57.6 Å². The highest BCUT2D eigenvalue weighted by Crippen LogP contribution is 2.41. The Morgan fingerprint density at radius 2 is 1.82 bits per heavy atom. The van der Waals surface area contributed by atoms with E-state index >= 15 is 0 Å². The van der Waals surface area contributed by atoms with Gasteiger partial charge >= 0.3 is 5.51 Å². The summed E-state index contributed by atoms with van der Waals surface area (Å²) in [4.78, 5) is 4.06. The Bertz CT molecular complexity index is 1000. The predicted molar refractivity (Wildman–Crippen MR) is 98.9 cm³/mol. The second-order valence-electron chi connectivity index (χ2n) is 5.36. The molecule has 11 heteroatoms. The molecule has 0 amide bonds. The average molecular weight is 424 g/mol. The Hall–Kier alpha value is -2.76. The van der Waals surface area contributed by atoms with Gasteiger partial charge in [0.25, 0.3) is 0 Å². The maximum absolute atomic E-state index is 12.3. The Kier molecular flexibility index (Phi) is 5.77. The van der Waals surface area contributed by atoms with Crippen LogP contribution >= 0.6 is 23.5 Å². The highest BCUT2D eigenvalue weighted by molar-refractivity contribution is 8.03. The lowest BCUT2D eigenvalue weighted by atomic mass is 9.96. The molecular weight excluding hydrogens is 413 g/mol. The molecular formula is C17H11F3N4O2S2. The summed E-state index contributed by atoms with van der Waals surface area (Å²) in [6, 6.07) is 8.86. The molecule has 2 aromatic rings. The summed E-state index contributed by atoms with van der Waals surface area (Å²) in [6.45, 7) is 0.0610. The number of fused-ring (bicyclic) bond motifs is 1. The summed E-state index contributed by atoms with van der Waals surface area (Å²) in [7, 11) is 0. The number of ether oxygens (including phenoxy) is 2. The van der Waals surface area contributed by atoms with Gasteiger partial charge < -0.3 is 15.2 Å². The maximum atomic E-state index is 12.3. The third-order valence-corrected chi connectivity index (χ3v) is 5.64. The first-order valence-corrected chi connectivity index (χ1v) is 9.68. The van der Waals surface area contributed by atoms with Crippen molar-refractivity contribution in [3.05, 3.63) is 29.3 Å². The van der Waals surface area contributed by atoms with Crippen LogP contribution in [0.4, 0.5) is 19.0 Å². The van der Waals surface area contributed by atoms with E-state index in [4.69, 9.17) is 15.2 Å². The van der Waals surface area contributed by atoms with Crippen LogP contribution in [0.1, 0.15) is 11.1 Å². The number of nitrogen functional groups attached to an aromatic ring is 1. The predicted octanol–water partition coefficient (Wildman–Crippen LogP) is 4.15. The Labute approximate surface area is 166 Å². The standard InChI is InChI=1S/C17H11F3N4O2S2/c18-17(19,20)28-4-3-27-16-11(7-22)14(10(6-21)15(23)24-16)9-1-2-12-13(5-9)26-8-25-12/h1-2,5H,3-4,8H2,(H2,23,24). The molecule has 144 valence electrons. The number of aromatic nitrogens is 1. The van der Waals surface area contributed by atoms with Crippen LogP contribution in [-0.2, 0) is 0 Å². The van der Waals surface area contributed by atoms with Gasteiger partial charge in [0.05, 0.1) is 5.56 Å². The topological polar surface area (TPSA) is 105 Å². The lowest BCUT2D eigenvalue weighted by molar-refractivity contribution is -0.0326. The minimum atomic E-state index is -4.33. The Balaban J connectivity index is 2.00. The first kappa shape index (κ1) is 20.0. The highest BCUT2D eigenvalue weighted by atomic mass is 32.2. The molecule has 0 bridgehead atoms. The van der Waals surface area contributed by atoms with Crippen molar-refractivity contribution in [1.29, 1.82) is 10.5 Å². The van der Waals surface area contributed by atoms with Gasteiger partial charge in [0.2, 0.25) is 6.79 Å². The largest absolute Gasteiger partial charge is 0.454 e. The van der Waals surface area contributed by atoms with Gasteiger partial charge in [-0.1, -0.05) is 17.8 Å². The van der Waals surface area contributed by atoms with E-state index < -0.39 is 5.51 Å². The fourth-order valence-corrected chi connectivity index (χ4v) is 4.09. The summed E-state index contributed by atoms with van der Waals surface area (Å²) in [5.74, 6) is 0.746. The zero-order valence-corrected chi connectivity index (χ0v) is 15.7. The number of nitrogens with two attached hydrogens (primary N) is 1. The molecule has 0 aliphatic carbocycles. The van der Waals surface area contributed by atoms with Gasteiger partial charge in [-0.05, 0) is 17.7 Å². The van der Waals surface area contributed by atoms with Crippen molar-refractivity contribution in [3.8, 4) is 34.8 Å². The number of hydrogen-bond donors (Lipinski definition) is 1. The maximum Gasteiger partial charge on any atom is 0.441 e. The molecule has 0 spiro atoms. The second-order valence-corrected chi connectivity index (χ2v) is 7.60. The number of benzene rings is 1. The van der Waals surface area contributed by atoms with E-state index in [0.717, 1.165) is 11.8 Å². The Morgan fingerprint density at radius 3 is 2.50 bits per heavy atom. The first-order valence-electron chi connectivity index (χ1n) is 7.71. The quantitative estimate of drug-likeness (QED) is 0.564. The zero-order valence-electron chi connectivity index (χ0n) is 14.0. The number of nitriles is 2. The van der Waals surface area contributed by atoms with Crippen LogP contribution in [0.25, 0.3) is 11.1 Å². The average Bonchev–Trinajstić information content (AvgIpc) is 3.11. The van der Waals surface area contributed by atoms with E-state index in [9.17, 15) is 23.7 Å². The monoisotopic (exact) mass is 424 g/mol. The molecule has 0 saturated carbocycles. The van der Waals surface area contributed by atoms with Crippen LogP contribution in [0.2, 0.25) is 0 Å². The lowest BCUT2D eigenvalue weighted by Gasteiger charge is -2.13. The lowest BCUT2D eigenvalue weighted by Crippen LogP contribution is -2.05. The Morgan fingerprint density at radius 1 is 1.11 bits per heavy atom. The molecule has 28 heavy (non-hydrogen) atoms. The van der Waals surface area contributed by atoms with Crippen molar-refractivity contribution < 1.29 is 22.6 Å². The molecule has 0 unspecified atom stereocenters. The van der Waals surface area contributed by atoms with Crippen molar-refractivity contribution in [3.63, 3.8) is 0 Å². The van der Waals surface area contributed by atoms with Crippen molar-refractivity contribution in [2.45, 2.75) is 10.5 Å². The molecule has 1 aromatic heterocycles. The van der Waals surface area contributed by atoms with Crippen molar-refractivity contribution in [1.82, 2.24) is 4.98 Å². The first-order chi connectivity index (χ1) is 13.3. The van der Waals surface area contributed by atoms with E-state index in [1.165, 1.54) is 0 Å². The fraction of sp³-hybridized carbons (Fsp3) is 0.235. The van der Waals surface area contributed by atoms with Gasteiger partial charge in [0.1, 0.15) is 28.5 Å². The van der Waals surface area contributed by atoms with Crippen LogP contribution in [0.3, 0.4) is 0 Å². The third-order valence-electron chi connectivity index (χ3n) is 3.66. The molecule has 2 heterocycles. The van der Waals surface area contributed by atoms with E-state index in [2.05, 4.69) is 4.98 Å². The molecule has 0 atom stereocenters. The number of rotatable bonds is 5. The number of anilines is 1. The molecule has 1 aliphatic heterocycles. The molecule has 1 aliphatic rings. The molecule has 2 N–H and O–H groups in total. The normalized spacial score (nSPS) is 12.5. The van der Waals surface area contributed by atoms with Crippen LogP contribution in [-0.4, -0.2) is 28.8 Å². The molecule has 1 aromatic carbocycles. The third kappa shape index (κ3) is 4.21. The van der Waals surface area contributed by atoms with Crippen LogP contribution in [0, 0.1) is 22.7 Å². The fourth-order valence-electron chi connectivity index (χ4n) is 2.54. The summed E-state index contributed by atoms with van der Waals surface area (Å²) in [5.41, 5.74) is 2.41. The van der Waals surface area contributed by atoms with Gasteiger partial charge in [-0.2, -0.15) is 23.7 Å². The van der Waals surface area contributed by atoms with Gasteiger partial charge in [0.15, 0.2) is 11.5 Å². The molecule has 0 radical (unpaired) electrons. The van der Waals surface area contributed by atoms with E-state index in [0.29, 0.717) is 17.1 Å². The van der Waals surface area contributed by atoms with Crippen molar-refractivity contribution in [2.24, 2.45) is 0 Å². The van der Waals surface area contributed by atoms with Crippen molar-refractivity contribution >= 4 is 29.3 Å². The highest BCUT2D eigenvalue weighted by Gasteiger charge is 2.28. The zero-order chi connectivity index (χ0) is 20.3. The molecule has 6 nitrogen and oxygen atoms in total.